The van der Waals surface area contributed by atoms with Gasteiger partial charge in [-0.05, 0) is 26.0 Å². The van der Waals surface area contributed by atoms with E-state index in [1.807, 2.05) is 13.0 Å². The first kappa shape index (κ1) is 11.3. The summed E-state index contributed by atoms with van der Waals surface area (Å²) in [6, 6.07) is 5.70. The molecule has 0 saturated carbocycles. The summed E-state index contributed by atoms with van der Waals surface area (Å²) in [5.74, 6) is 0.888. The quantitative estimate of drug-likeness (QED) is 0.702. The van der Waals surface area contributed by atoms with Crippen molar-refractivity contribution in [1.82, 2.24) is 4.98 Å². The number of nitrogens with zero attached hydrogens (tertiary/aromatic N) is 3. The maximum atomic E-state index is 8.65. The second-order valence-corrected chi connectivity index (χ2v) is 3.49. The van der Waals surface area contributed by atoms with Crippen molar-refractivity contribution in [3.8, 4) is 6.07 Å². The van der Waals surface area contributed by atoms with Crippen LogP contribution in [0.4, 0.5) is 5.82 Å². The van der Waals surface area contributed by atoms with Crippen LogP contribution in [-0.4, -0.2) is 18.1 Å². The first-order valence-corrected chi connectivity index (χ1v) is 4.93. The fourth-order valence-corrected chi connectivity index (χ4v) is 1.32. The Morgan fingerprint density at radius 1 is 1.60 bits per heavy atom. The van der Waals surface area contributed by atoms with Crippen LogP contribution in [0.2, 0.25) is 0 Å². The minimum Gasteiger partial charge on any atom is -0.353 e. The van der Waals surface area contributed by atoms with Crippen molar-refractivity contribution < 1.29 is 0 Å². The van der Waals surface area contributed by atoms with Gasteiger partial charge in [-0.3, -0.25) is 0 Å². The van der Waals surface area contributed by atoms with Gasteiger partial charge in [0.05, 0.1) is 5.56 Å². The monoisotopic (exact) mass is 201 g/mol. The molecule has 0 radical (unpaired) electrons. The molecule has 0 aromatic carbocycles. The van der Waals surface area contributed by atoms with Crippen molar-refractivity contribution in [2.24, 2.45) is 0 Å². The van der Waals surface area contributed by atoms with E-state index in [0.717, 1.165) is 24.5 Å². The molecule has 1 rings (SSSR count). The Labute approximate surface area is 90.7 Å². The zero-order valence-electron chi connectivity index (χ0n) is 9.20. The molecule has 15 heavy (non-hydrogen) atoms. The summed E-state index contributed by atoms with van der Waals surface area (Å²) in [4.78, 5) is 6.35. The third kappa shape index (κ3) is 3.10. The molecule has 0 spiro atoms. The molecular weight excluding hydrogens is 186 g/mol. The summed E-state index contributed by atoms with van der Waals surface area (Å²) in [5, 5.41) is 8.65. The van der Waals surface area contributed by atoms with Crippen LogP contribution in [0.3, 0.4) is 0 Å². The Hall–Kier alpha value is -1.82. The van der Waals surface area contributed by atoms with Gasteiger partial charge in [-0.15, -0.1) is 0 Å². The lowest BCUT2D eigenvalue weighted by molar-refractivity contribution is 0.859. The molecule has 1 aromatic rings. The lowest BCUT2D eigenvalue weighted by Gasteiger charge is -2.21. The summed E-state index contributed by atoms with van der Waals surface area (Å²) < 4.78 is 0. The predicted molar refractivity (Wildman–Crippen MR) is 61.7 cm³/mol. The van der Waals surface area contributed by atoms with Crippen LogP contribution in [0.15, 0.2) is 30.5 Å². The molecule has 1 aromatic heterocycles. The van der Waals surface area contributed by atoms with E-state index in [2.05, 4.69) is 29.5 Å². The molecule has 0 atom stereocenters. The van der Waals surface area contributed by atoms with E-state index in [4.69, 9.17) is 5.26 Å². The van der Waals surface area contributed by atoms with Crippen molar-refractivity contribution >= 4 is 5.82 Å². The molecule has 0 amide bonds. The predicted octanol–water partition coefficient (Wildman–Crippen LogP) is 2.36. The van der Waals surface area contributed by atoms with Crippen LogP contribution in [-0.2, 0) is 0 Å². The third-order valence-electron chi connectivity index (χ3n) is 2.04. The number of aromatic nitrogens is 1. The van der Waals surface area contributed by atoms with Crippen molar-refractivity contribution in [3.05, 3.63) is 36.0 Å². The summed E-state index contributed by atoms with van der Waals surface area (Å²) in [5.41, 5.74) is 1.69. The highest BCUT2D eigenvalue weighted by Crippen LogP contribution is 2.11. The number of hydrogen-bond acceptors (Lipinski definition) is 3. The van der Waals surface area contributed by atoms with Gasteiger partial charge in [-0.1, -0.05) is 12.2 Å². The lowest BCUT2D eigenvalue weighted by Crippen LogP contribution is -2.25. The molecule has 1 heterocycles. The summed E-state index contributed by atoms with van der Waals surface area (Å²) in [6.45, 7) is 9.63. The normalized spacial score (nSPS) is 9.40. The molecule has 0 fully saturated rings. The van der Waals surface area contributed by atoms with Gasteiger partial charge in [0.25, 0.3) is 0 Å². The Morgan fingerprint density at radius 3 is 2.73 bits per heavy atom. The molecule has 0 bridgehead atoms. The van der Waals surface area contributed by atoms with Gasteiger partial charge in [0.15, 0.2) is 0 Å². The Balaban J connectivity index is 2.84. The zero-order valence-corrected chi connectivity index (χ0v) is 9.20. The molecule has 78 valence electrons. The molecule has 0 aliphatic carbocycles. The second kappa shape index (κ2) is 5.16. The summed E-state index contributed by atoms with van der Waals surface area (Å²) in [7, 11) is 0. The molecule has 3 heteroatoms. The lowest BCUT2D eigenvalue weighted by atomic mass is 10.3. The van der Waals surface area contributed by atoms with Crippen LogP contribution in [0.25, 0.3) is 0 Å². The summed E-state index contributed by atoms with van der Waals surface area (Å²) >= 11 is 0. The molecule has 0 unspecified atom stereocenters. The number of nitriles is 1. The summed E-state index contributed by atoms with van der Waals surface area (Å²) in [6.07, 6.45) is 1.59. The van der Waals surface area contributed by atoms with Gasteiger partial charge in [-0.25, -0.2) is 4.98 Å². The number of anilines is 1. The molecule has 3 nitrogen and oxygen atoms in total. The molecule has 0 aliphatic heterocycles. The molecule has 0 aliphatic rings. The number of likely N-dealkylation sites (N-methyl/N-ethyl adjacent to an activating group) is 1. The van der Waals surface area contributed by atoms with Crippen LogP contribution < -0.4 is 4.90 Å². The number of hydrogen-bond donors (Lipinski definition) is 0. The van der Waals surface area contributed by atoms with Crippen molar-refractivity contribution in [2.45, 2.75) is 13.8 Å². The molecule has 0 saturated heterocycles. The van der Waals surface area contributed by atoms with Gasteiger partial charge in [-0.2, -0.15) is 5.26 Å². The topological polar surface area (TPSA) is 39.9 Å². The van der Waals surface area contributed by atoms with Crippen LogP contribution in [0, 0.1) is 11.3 Å². The van der Waals surface area contributed by atoms with E-state index in [9.17, 15) is 0 Å². The smallest absolute Gasteiger partial charge is 0.128 e. The van der Waals surface area contributed by atoms with Gasteiger partial charge < -0.3 is 4.90 Å². The highest BCUT2D eigenvalue weighted by Gasteiger charge is 2.05. The van der Waals surface area contributed by atoms with E-state index < -0.39 is 0 Å². The average Bonchev–Trinajstić information content (AvgIpc) is 2.26. The van der Waals surface area contributed by atoms with Gasteiger partial charge in [0.2, 0.25) is 0 Å². The van der Waals surface area contributed by atoms with Crippen molar-refractivity contribution in [3.63, 3.8) is 0 Å². The Bertz CT molecular complexity index is 373. The standard InChI is InChI=1S/C12H15N3/c1-4-15(9-10(2)3)12-6-5-11(7-13)8-14-12/h5-6,8H,2,4,9H2,1,3H3. The van der Waals surface area contributed by atoms with E-state index >= 15 is 0 Å². The average molecular weight is 201 g/mol. The first-order chi connectivity index (χ1) is 7.17. The fraction of sp³-hybridized carbons (Fsp3) is 0.333. The highest BCUT2D eigenvalue weighted by atomic mass is 15.2. The SMILES string of the molecule is C=C(C)CN(CC)c1ccc(C#N)cn1. The maximum Gasteiger partial charge on any atom is 0.128 e. The van der Waals surface area contributed by atoms with Crippen LogP contribution >= 0.6 is 0 Å². The van der Waals surface area contributed by atoms with Gasteiger partial charge in [0.1, 0.15) is 11.9 Å². The van der Waals surface area contributed by atoms with E-state index in [0.29, 0.717) is 5.56 Å². The molecule has 0 N–H and O–H groups in total. The highest BCUT2D eigenvalue weighted by molar-refractivity contribution is 5.42. The van der Waals surface area contributed by atoms with Crippen molar-refractivity contribution in [1.29, 1.82) is 5.26 Å². The van der Waals surface area contributed by atoms with Crippen LogP contribution in [0.1, 0.15) is 19.4 Å². The Kier molecular flexibility index (Phi) is 3.87. The third-order valence-corrected chi connectivity index (χ3v) is 2.04. The van der Waals surface area contributed by atoms with E-state index in [1.165, 1.54) is 0 Å². The largest absolute Gasteiger partial charge is 0.353 e. The minimum atomic E-state index is 0.588. The second-order valence-electron chi connectivity index (χ2n) is 3.49. The van der Waals surface area contributed by atoms with Crippen LogP contribution in [0.5, 0.6) is 0 Å². The van der Waals surface area contributed by atoms with Gasteiger partial charge in [0, 0.05) is 19.3 Å². The maximum absolute atomic E-state index is 8.65. The fourth-order valence-electron chi connectivity index (χ4n) is 1.32. The molecular formula is C12H15N3. The number of rotatable bonds is 4. The van der Waals surface area contributed by atoms with Crippen molar-refractivity contribution in [2.75, 3.05) is 18.0 Å². The Morgan fingerprint density at radius 2 is 2.33 bits per heavy atom. The van der Waals surface area contributed by atoms with E-state index in [-0.39, 0.29) is 0 Å². The number of pyridine rings is 1. The first-order valence-electron chi connectivity index (χ1n) is 4.93. The van der Waals surface area contributed by atoms with Gasteiger partial charge >= 0.3 is 0 Å². The minimum absolute atomic E-state index is 0.588. The van der Waals surface area contributed by atoms with E-state index in [1.54, 1.807) is 12.3 Å². The zero-order chi connectivity index (χ0) is 11.3.